The third kappa shape index (κ3) is 2.46. The maximum Gasteiger partial charge on any atom is 0.360 e. The van der Waals surface area contributed by atoms with Gasteiger partial charge in [0.15, 0.2) is 0 Å². The number of nitrogens with zero attached hydrogens (tertiary/aromatic N) is 1. The van der Waals surface area contributed by atoms with Crippen molar-refractivity contribution < 1.29 is 9.53 Å². The second-order valence-electron chi connectivity index (χ2n) is 4.04. The Morgan fingerprint density at radius 3 is 2.84 bits per heavy atom. The molecule has 0 radical (unpaired) electrons. The van der Waals surface area contributed by atoms with E-state index in [4.69, 9.17) is 16.3 Å². The Kier molecular flexibility index (Phi) is 2.97. The lowest BCUT2D eigenvalue weighted by Gasteiger charge is -2.03. The van der Waals surface area contributed by atoms with Gasteiger partial charge >= 0.3 is 5.97 Å². The third-order valence-corrected chi connectivity index (χ3v) is 2.95. The Bertz CT molecular complexity index is 646. The molecule has 0 fully saturated rings. The first-order chi connectivity index (χ1) is 9.22. The van der Waals surface area contributed by atoms with Crippen LogP contribution in [0.3, 0.4) is 0 Å². The lowest BCUT2D eigenvalue weighted by molar-refractivity contribution is 0.0729. The average molecular weight is 276 g/mol. The van der Waals surface area contributed by atoms with Crippen molar-refractivity contribution in [3.8, 4) is 5.75 Å². The number of H-pyrrole nitrogens is 1. The Hall–Kier alpha value is -2.27. The summed E-state index contributed by atoms with van der Waals surface area (Å²) in [5.41, 5.74) is 1.31. The number of nitrogens with one attached hydrogen (secondary N) is 2. The highest BCUT2D eigenvalue weighted by Crippen LogP contribution is 2.22. The van der Waals surface area contributed by atoms with Crippen molar-refractivity contribution >= 4 is 29.7 Å². The van der Waals surface area contributed by atoms with Crippen LogP contribution in [0.4, 0.5) is 5.82 Å². The second kappa shape index (κ2) is 4.78. The number of rotatable bonds is 2. The quantitative estimate of drug-likeness (QED) is 0.654. The molecule has 0 spiro atoms. The summed E-state index contributed by atoms with van der Waals surface area (Å²) in [6.07, 6.45) is 1.59. The molecule has 1 aliphatic heterocycles. The van der Waals surface area contributed by atoms with Gasteiger partial charge in [-0.15, -0.1) is 0 Å². The highest BCUT2D eigenvalue weighted by Gasteiger charge is 2.16. The molecular weight excluding hydrogens is 266 g/mol. The van der Waals surface area contributed by atoms with Gasteiger partial charge in [0.1, 0.15) is 17.3 Å². The van der Waals surface area contributed by atoms with E-state index in [-0.39, 0.29) is 0 Å². The summed E-state index contributed by atoms with van der Waals surface area (Å²) < 4.78 is 5.23. The minimum absolute atomic E-state index is 0.376. The molecule has 19 heavy (non-hydrogen) atoms. The molecule has 0 unspecified atom stereocenters. The van der Waals surface area contributed by atoms with Crippen LogP contribution < -0.4 is 10.1 Å². The van der Waals surface area contributed by atoms with Crippen LogP contribution in [-0.2, 0) is 6.54 Å². The first-order valence-corrected chi connectivity index (χ1v) is 6.06. The van der Waals surface area contributed by atoms with Crippen LogP contribution >= 0.6 is 11.6 Å². The normalized spacial score (nSPS) is 12.7. The van der Waals surface area contributed by atoms with Gasteiger partial charge in [0.25, 0.3) is 0 Å². The van der Waals surface area contributed by atoms with Crippen LogP contribution in [0, 0.1) is 0 Å². The topological polar surface area (TPSA) is 66.5 Å². The summed E-state index contributed by atoms with van der Waals surface area (Å²) in [7, 11) is 0. The van der Waals surface area contributed by atoms with E-state index in [1.165, 1.54) is 0 Å². The van der Waals surface area contributed by atoms with Crippen molar-refractivity contribution in [2.24, 2.45) is 4.99 Å². The predicted octanol–water partition coefficient (Wildman–Crippen LogP) is 2.65. The molecule has 0 amide bonds. The smallest absolute Gasteiger partial charge is 0.360 e. The molecule has 2 heterocycles. The number of carbonyl (C=O) groups excluding carboxylic acids is 1. The summed E-state index contributed by atoms with van der Waals surface area (Å²) in [4.78, 5) is 19.0. The van der Waals surface area contributed by atoms with Crippen molar-refractivity contribution in [2.45, 2.75) is 6.54 Å². The number of aliphatic imine (C=N–C) groups is 1. The molecule has 0 aliphatic carbocycles. The summed E-state index contributed by atoms with van der Waals surface area (Å²) in [5.74, 6) is 0.678. The Morgan fingerprint density at radius 2 is 2.11 bits per heavy atom. The van der Waals surface area contributed by atoms with E-state index in [0.717, 1.165) is 5.56 Å². The van der Waals surface area contributed by atoms with Crippen LogP contribution in [0.1, 0.15) is 16.1 Å². The van der Waals surface area contributed by atoms with Crippen molar-refractivity contribution in [3.63, 3.8) is 0 Å². The highest BCUT2D eigenvalue weighted by molar-refractivity contribution is 6.30. The number of carbonyl (C=O) groups is 1. The third-order valence-electron chi connectivity index (χ3n) is 2.70. The number of aromatic amines is 1. The van der Waals surface area contributed by atoms with Crippen molar-refractivity contribution in [2.75, 3.05) is 0 Å². The maximum atomic E-state index is 12.0. The average Bonchev–Trinajstić information content (AvgIpc) is 2.85. The second-order valence-corrected chi connectivity index (χ2v) is 4.48. The molecule has 5 nitrogen and oxygen atoms in total. The monoisotopic (exact) mass is 275 g/mol. The predicted molar refractivity (Wildman–Crippen MR) is 72.2 cm³/mol. The number of hydrogen-bond donors (Lipinski definition) is 2. The number of aromatic nitrogens is 1. The van der Waals surface area contributed by atoms with Crippen LogP contribution in [0.5, 0.6) is 5.75 Å². The molecule has 2 N–H and O–H groups in total. The Balaban J connectivity index is 1.79. The number of esters is 1. The number of ether oxygens (including phenoxy) is 1. The van der Waals surface area contributed by atoms with Crippen LogP contribution in [0.15, 0.2) is 35.3 Å². The van der Waals surface area contributed by atoms with Gasteiger partial charge in [0.2, 0.25) is 0 Å². The van der Waals surface area contributed by atoms with Gasteiger partial charge in [-0.1, -0.05) is 11.6 Å². The van der Waals surface area contributed by atoms with Crippen LogP contribution in [0.25, 0.3) is 0 Å². The molecule has 96 valence electrons. The zero-order valence-electron chi connectivity index (χ0n) is 9.81. The van der Waals surface area contributed by atoms with E-state index >= 15 is 0 Å². The summed E-state index contributed by atoms with van der Waals surface area (Å²) in [6, 6.07) is 8.35. The number of benzene rings is 1. The first kappa shape index (κ1) is 11.8. The molecule has 0 bridgehead atoms. The summed E-state index contributed by atoms with van der Waals surface area (Å²) in [6.45, 7) is 0.642. The molecule has 6 heteroatoms. The fraction of sp³-hybridized carbons (Fsp3) is 0.0769. The number of halogens is 1. The van der Waals surface area contributed by atoms with Crippen molar-refractivity contribution in [1.82, 2.24) is 10.3 Å². The Morgan fingerprint density at radius 1 is 1.32 bits per heavy atom. The number of hydrogen-bond acceptors (Lipinski definition) is 4. The molecule has 0 atom stereocenters. The van der Waals surface area contributed by atoms with Gasteiger partial charge in [0, 0.05) is 17.1 Å². The van der Waals surface area contributed by atoms with Crippen LogP contribution in [-0.4, -0.2) is 17.3 Å². The lowest BCUT2D eigenvalue weighted by atomic mass is 10.2. The maximum absolute atomic E-state index is 12.0. The first-order valence-electron chi connectivity index (χ1n) is 5.68. The Labute approximate surface area is 114 Å². The van der Waals surface area contributed by atoms with Crippen molar-refractivity contribution in [1.29, 1.82) is 0 Å². The van der Waals surface area contributed by atoms with Crippen molar-refractivity contribution in [3.05, 3.63) is 46.6 Å². The van der Waals surface area contributed by atoms with E-state index in [1.54, 1.807) is 36.7 Å². The fourth-order valence-corrected chi connectivity index (χ4v) is 1.90. The van der Waals surface area contributed by atoms with E-state index in [2.05, 4.69) is 15.3 Å². The lowest BCUT2D eigenvalue weighted by Crippen LogP contribution is -2.12. The minimum atomic E-state index is -0.452. The molecule has 0 saturated heterocycles. The van der Waals surface area contributed by atoms with E-state index in [9.17, 15) is 4.79 Å². The molecule has 1 aromatic heterocycles. The molecule has 1 aromatic carbocycles. The van der Waals surface area contributed by atoms with Gasteiger partial charge in [-0.25, -0.2) is 9.79 Å². The van der Waals surface area contributed by atoms with Gasteiger partial charge in [-0.2, -0.15) is 0 Å². The SMILES string of the molecule is O=C(Oc1ccc(Cl)cc1)c1cc2c([nH]1)N=CNC2. The zero-order chi connectivity index (χ0) is 13.2. The van der Waals surface area contributed by atoms with Gasteiger partial charge < -0.3 is 15.0 Å². The minimum Gasteiger partial charge on any atom is -0.422 e. The zero-order valence-corrected chi connectivity index (χ0v) is 10.6. The molecule has 3 rings (SSSR count). The summed E-state index contributed by atoms with van der Waals surface area (Å²) in [5, 5.41) is 3.56. The molecular formula is C13H10ClN3O2. The van der Waals surface area contributed by atoms with E-state index in [1.807, 2.05) is 0 Å². The molecule has 0 saturated carbocycles. The molecule has 2 aromatic rings. The van der Waals surface area contributed by atoms with Gasteiger partial charge in [0.05, 0.1) is 6.34 Å². The highest BCUT2D eigenvalue weighted by atomic mass is 35.5. The standard InChI is InChI=1S/C13H10ClN3O2/c14-9-1-3-10(4-2-9)19-13(18)11-5-8-6-15-7-16-12(8)17-11/h1-5,7,17H,6H2,(H,15,16). The number of fused-ring (bicyclic) bond motifs is 1. The molecule has 1 aliphatic rings. The fourth-order valence-electron chi connectivity index (χ4n) is 1.78. The van der Waals surface area contributed by atoms with E-state index < -0.39 is 5.97 Å². The summed E-state index contributed by atoms with van der Waals surface area (Å²) >= 11 is 5.76. The largest absolute Gasteiger partial charge is 0.422 e. The van der Waals surface area contributed by atoms with Crippen LogP contribution in [0.2, 0.25) is 5.02 Å². The van der Waals surface area contributed by atoms with Gasteiger partial charge in [-0.3, -0.25) is 0 Å². The van der Waals surface area contributed by atoms with E-state index in [0.29, 0.717) is 28.8 Å². The van der Waals surface area contributed by atoms with Gasteiger partial charge in [-0.05, 0) is 30.3 Å².